The second-order valence-corrected chi connectivity index (χ2v) is 7.94. The molecule has 0 aliphatic carbocycles. The Kier molecular flexibility index (Phi) is 5.53. The van der Waals surface area contributed by atoms with Crippen LogP contribution >= 0.6 is 0 Å². The van der Waals surface area contributed by atoms with Crippen molar-refractivity contribution in [1.82, 2.24) is 24.6 Å². The van der Waals surface area contributed by atoms with E-state index in [-0.39, 0.29) is 5.91 Å². The van der Waals surface area contributed by atoms with E-state index >= 15 is 0 Å². The maximum atomic E-state index is 12.7. The lowest BCUT2D eigenvalue weighted by Crippen LogP contribution is -2.44. The fourth-order valence-electron chi connectivity index (χ4n) is 4.18. The number of hydrogen-bond acceptors (Lipinski definition) is 4. The average Bonchev–Trinajstić information content (AvgIpc) is 2.93. The van der Waals surface area contributed by atoms with E-state index in [2.05, 4.69) is 29.1 Å². The van der Waals surface area contributed by atoms with Crippen LogP contribution in [0.15, 0.2) is 30.3 Å². The molecule has 1 atom stereocenters. The van der Waals surface area contributed by atoms with Gasteiger partial charge in [-0.2, -0.15) is 5.10 Å². The van der Waals surface area contributed by atoms with Crippen molar-refractivity contribution in [2.45, 2.75) is 39.2 Å². The van der Waals surface area contributed by atoms with Crippen LogP contribution in [0.5, 0.6) is 0 Å². The molecule has 1 unspecified atom stereocenters. The number of carbonyl (C=O) groups is 1. The van der Waals surface area contributed by atoms with E-state index in [0.717, 1.165) is 57.2 Å². The highest BCUT2D eigenvalue weighted by atomic mass is 16.2. The minimum Gasteiger partial charge on any atom is -0.339 e. The van der Waals surface area contributed by atoms with Crippen LogP contribution in [0, 0.1) is 5.92 Å². The lowest BCUT2D eigenvalue weighted by molar-refractivity contribution is -0.132. The first-order valence-corrected chi connectivity index (χ1v) is 10.1. The first-order chi connectivity index (χ1) is 13.2. The second-order valence-electron chi connectivity index (χ2n) is 7.94. The highest BCUT2D eigenvalue weighted by molar-refractivity contribution is 5.78. The number of piperidine rings is 1. The Morgan fingerprint density at radius 2 is 2.00 bits per heavy atom. The summed E-state index contributed by atoms with van der Waals surface area (Å²) >= 11 is 0. The van der Waals surface area contributed by atoms with E-state index in [4.69, 9.17) is 4.98 Å². The van der Waals surface area contributed by atoms with Crippen LogP contribution in [0.3, 0.4) is 0 Å². The van der Waals surface area contributed by atoms with Crippen LogP contribution in [0.25, 0.3) is 0 Å². The Morgan fingerprint density at radius 3 is 2.81 bits per heavy atom. The molecule has 1 aromatic heterocycles. The third-order valence-corrected chi connectivity index (χ3v) is 5.64. The van der Waals surface area contributed by atoms with E-state index < -0.39 is 0 Å². The van der Waals surface area contributed by atoms with Crippen LogP contribution in [0.2, 0.25) is 0 Å². The van der Waals surface area contributed by atoms with Crippen molar-refractivity contribution in [1.29, 1.82) is 0 Å². The normalized spacial score (nSPS) is 20.9. The highest BCUT2D eigenvalue weighted by Gasteiger charge is 2.24. The number of fused-ring (bicyclic) bond motifs is 1. The van der Waals surface area contributed by atoms with Crippen LogP contribution in [-0.4, -0.2) is 63.2 Å². The number of nitrogens with zero attached hydrogens (tertiary/aromatic N) is 5. The molecule has 27 heavy (non-hydrogen) atoms. The minimum atomic E-state index is 0.249. The van der Waals surface area contributed by atoms with Gasteiger partial charge in [0.1, 0.15) is 5.82 Å². The Bertz CT molecular complexity index is 747. The van der Waals surface area contributed by atoms with Gasteiger partial charge in [0.25, 0.3) is 0 Å². The lowest BCUT2D eigenvalue weighted by atomic mass is 10.0. The summed E-state index contributed by atoms with van der Waals surface area (Å²) in [4.78, 5) is 21.8. The van der Waals surface area contributed by atoms with Gasteiger partial charge in [-0.1, -0.05) is 37.3 Å². The van der Waals surface area contributed by atoms with Gasteiger partial charge in [0.2, 0.25) is 5.91 Å². The van der Waals surface area contributed by atoms with E-state index in [1.807, 2.05) is 27.8 Å². The fraction of sp³-hybridized carbons (Fsp3) is 0.571. The Balaban J connectivity index is 1.33. The molecule has 0 saturated carbocycles. The van der Waals surface area contributed by atoms with Crippen molar-refractivity contribution in [2.24, 2.45) is 5.92 Å². The average molecular weight is 367 g/mol. The first-order valence-electron chi connectivity index (χ1n) is 10.1. The van der Waals surface area contributed by atoms with Gasteiger partial charge in [-0.3, -0.25) is 9.69 Å². The van der Waals surface area contributed by atoms with E-state index in [1.165, 1.54) is 18.4 Å². The van der Waals surface area contributed by atoms with Crippen molar-refractivity contribution >= 4 is 5.91 Å². The summed E-state index contributed by atoms with van der Waals surface area (Å²) < 4.78 is 1.99. The van der Waals surface area contributed by atoms with Crippen LogP contribution in [0.1, 0.15) is 37.0 Å². The van der Waals surface area contributed by atoms with Crippen LogP contribution < -0.4 is 0 Å². The predicted octanol–water partition coefficient (Wildman–Crippen LogP) is 1.99. The zero-order valence-electron chi connectivity index (χ0n) is 16.2. The predicted molar refractivity (Wildman–Crippen MR) is 104 cm³/mol. The van der Waals surface area contributed by atoms with Gasteiger partial charge in [-0.25, -0.2) is 9.67 Å². The largest absolute Gasteiger partial charge is 0.339 e. The van der Waals surface area contributed by atoms with Gasteiger partial charge in [0.15, 0.2) is 5.82 Å². The van der Waals surface area contributed by atoms with Gasteiger partial charge < -0.3 is 4.90 Å². The first kappa shape index (κ1) is 18.2. The summed E-state index contributed by atoms with van der Waals surface area (Å²) in [5.41, 5.74) is 1.23. The summed E-state index contributed by atoms with van der Waals surface area (Å²) in [7, 11) is 0. The van der Waals surface area contributed by atoms with Crippen LogP contribution in [-0.2, 0) is 24.2 Å². The molecule has 1 aromatic carbocycles. The maximum Gasteiger partial charge on any atom is 0.236 e. The van der Waals surface area contributed by atoms with Gasteiger partial charge in [-0.15, -0.1) is 0 Å². The fourth-order valence-corrected chi connectivity index (χ4v) is 4.18. The monoisotopic (exact) mass is 367 g/mol. The molecule has 2 aliphatic rings. The molecule has 0 radical (unpaired) electrons. The molecular weight excluding hydrogens is 338 g/mol. The number of benzene rings is 1. The molecule has 0 N–H and O–H groups in total. The summed E-state index contributed by atoms with van der Waals surface area (Å²) in [5.74, 6) is 2.83. The zero-order valence-corrected chi connectivity index (χ0v) is 16.2. The number of amides is 1. The molecule has 2 aliphatic heterocycles. The lowest BCUT2D eigenvalue weighted by Gasteiger charge is -2.32. The Morgan fingerprint density at radius 1 is 1.15 bits per heavy atom. The standard InChI is InChI=1S/C21H29N5O/c1-17-6-5-10-24(15-17)16-21(27)25-11-9-20-22-19(23-26(20)13-12-25)14-18-7-3-2-4-8-18/h2-4,7-8,17H,5-6,9-16H2,1H3. The number of carbonyl (C=O) groups excluding carboxylic acids is 1. The molecule has 1 fully saturated rings. The van der Waals surface area contributed by atoms with Crippen molar-refractivity contribution < 1.29 is 4.79 Å². The Labute approximate surface area is 161 Å². The summed E-state index contributed by atoms with van der Waals surface area (Å²) in [6.07, 6.45) is 4.03. The zero-order chi connectivity index (χ0) is 18.6. The topological polar surface area (TPSA) is 54.3 Å². The third kappa shape index (κ3) is 4.56. The number of hydrogen-bond donors (Lipinski definition) is 0. The van der Waals surface area contributed by atoms with Crippen molar-refractivity contribution in [2.75, 3.05) is 32.7 Å². The van der Waals surface area contributed by atoms with Gasteiger partial charge >= 0.3 is 0 Å². The van der Waals surface area contributed by atoms with Gasteiger partial charge in [0, 0.05) is 32.5 Å². The van der Waals surface area contributed by atoms with Crippen molar-refractivity contribution in [3.8, 4) is 0 Å². The molecule has 144 valence electrons. The van der Waals surface area contributed by atoms with Gasteiger partial charge in [-0.05, 0) is 30.9 Å². The maximum absolute atomic E-state index is 12.7. The summed E-state index contributed by atoms with van der Waals surface area (Å²) in [5, 5.41) is 4.68. The molecule has 0 bridgehead atoms. The molecule has 1 amide bonds. The van der Waals surface area contributed by atoms with Crippen molar-refractivity contribution in [3.05, 3.63) is 47.5 Å². The molecule has 0 spiro atoms. The summed E-state index contributed by atoms with van der Waals surface area (Å²) in [6.45, 7) is 7.13. The Hall–Kier alpha value is -2.21. The highest BCUT2D eigenvalue weighted by Crippen LogP contribution is 2.16. The SMILES string of the molecule is CC1CCCN(CC(=O)N2CCc3nc(Cc4ccccc4)nn3CC2)C1. The van der Waals surface area contributed by atoms with Gasteiger partial charge in [0.05, 0.1) is 13.1 Å². The molecule has 6 nitrogen and oxygen atoms in total. The van der Waals surface area contributed by atoms with Crippen LogP contribution in [0.4, 0.5) is 0 Å². The minimum absolute atomic E-state index is 0.249. The molecule has 4 rings (SSSR count). The smallest absolute Gasteiger partial charge is 0.236 e. The molecule has 2 aromatic rings. The number of rotatable bonds is 4. The third-order valence-electron chi connectivity index (χ3n) is 5.64. The van der Waals surface area contributed by atoms with E-state index in [0.29, 0.717) is 12.5 Å². The molecular formula is C21H29N5O. The molecule has 1 saturated heterocycles. The number of aromatic nitrogens is 3. The second kappa shape index (κ2) is 8.21. The summed E-state index contributed by atoms with van der Waals surface area (Å²) in [6, 6.07) is 10.3. The molecule has 6 heteroatoms. The van der Waals surface area contributed by atoms with Crippen molar-refractivity contribution in [3.63, 3.8) is 0 Å². The quantitative estimate of drug-likeness (QED) is 0.829. The van der Waals surface area contributed by atoms with E-state index in [1.54, 1.807) is 0 Å². The molecule has 3 heterocycles. The number of likely N-dealkylation sites (tertiary alicyclic amines) is 1. The van der Waals surface area contributed by atoms with E-state index in [9.17, 15) is 4.79 Å².